The molecule has 0 amide bonds. The predicted octanol–water partition coefficient (Wildman–Crippen LogP) is 1.92. The zero-order valence-electron chi connectivity index (χ0n) is 11.1. The zero-order valence-corrected chi connectivity index (χ0v) is 11.9. The van der Waals surface area contributed by atoms with Gasteiger partial charge in [0, 0.05) is 13.6 Å². The van der Waals surface area contributed by atoms with Gasteiger partial charge in [0.15, 0.2) is 0 Å². The number of sulfonamides is 1. The summed E-state index contributed by atoms with van der Waals surface area (Å²) in [5.74, 6) is 0.526. The number of nitrogen functional groups attached to an aromatic ring is 1. The van der Waals surface area contributed by atoms with E-state index in [0.29, 0.717) is 18.2 Å². The van der Waals surface area contributed by atoms with Crippen molar-refractivity contribution >= 4 is 15.7 Å². The standard InChI is InChI=1S/C13H20N2O2S/c1-9-6-12(14)13(7-10(9)2)18(16,17)15(3)8-11-4-5-11/h6-7,11H,4-5,8,14H2,1-3H3. The van der Waals surface area contributed by atoms with Crippen LogP contribution in [0.2, 0.25) is 0 Å². The Hall–Kier alpha value is -1.07. The van der Waals surface area contributed by atoms with E-state index in [2.05, 4.69) is 0 Å². The van der Waals surface area contributed by atoms with Gasteiger partial charge in [0.2, 0.25) is 10.0 Å². The van der Waals surface area contributed by atoms with Crippen molar-refractivity contribution in [2.24, 2.45) is 5.92 Å². The van der Waals surface area contributed by atoms with Crippen molar-refractivity contribution in [3.63, 3.8) is 0 Å². The molecule has 100 valence electrons. The smallest absolute Gasteiger partial charge is 0.244 e. The summed E-state index contributed by atoms with van der Waals surface area (Å²) in [6.45, 7) is 4.42. The second kappa shape index (κ2) is 4.55. The highest BCUT2D eigenvalue weighted by Gasteiger charge is 2.30. The minimum Gasteiger partial charge on any atom is -0.398 e. The van der Waals surface area contributed by atoms with Crippen LogP contribution in [0.4, 0.5) is 5.69 Å². The highest BCUT2D eigenvalue weighted by Crippen LogP contribution is 2.32. The lowest BCUT2D eigenvalue weighted by molar-refractivity contribution is 0.453. The quantitative estimate of drug-likeness (QED) is 0.848. The van der Waals surface area contributed by atoms with Gasteiger partial charge in [-0.2, -0.15) is 0 Å². The molecule has 1 fully saturated rings. The number of nitrogens with two attached hydrogens (primary N) is 1. The van der Waals surface area contributed by atoms with Gasteiger partial charge in [-0.15, -0.1) is 0 Å². The van der Waals surface area contributed by atoms with Crippen LogP contribution in [0.25, 0.3) is 0 Å². The molecule has 1 aromatic rings. The molecule has 1 aliphatic rings. The monoisotopic (exact) mass is 268 g/mol. The number of benzene rings is 1. The Labute approximate surface area is 109 Å². The number of hydrogen-bond donors (Lipinski definition) is 1. The van der Waals surface area contributed by atoms with Gasteiger partial charge < -0.3 is 5.73 Å². The summed E-state index contributed by atoms with van der Waals surface area (Å²) in [5.41, 5.74) is 8.15. The molecule has 1 aromatic carbocycles. The maximum atomic E-state index is 12.4. The first-order valence-corrected chi connectivity index (χ1v) is 7.59. The molecule has 0 saturated heterocycles. The van der Waals surface area contributed by atoms with E-state index in [1.807, 2.05) is 13.8 Å². The Bertz CT molecular complexity index is 563. The van der Waals surface area contributed by atoms with Crippen LogP contribution in [0, 0.1) is 19.8 Å². The zero-order chi connectivity index (χ0) is 13.5. The molecular formula is C13H20N2O2S. The fraction of sp³-hybridized carbons (Fsp3) is 0.538. The molecular weight excluding hydrogens is 248 g/mol. The highest BCUT2D eigenvalue weighted by molar-refractivity contribution is 7.89. The average molecular weight is 268 g/mol. The third-order valence-electron chi connectivity index (χ3n) is 3.53. The number of anilines is 1. The first-order chi connectivity index (χ1) is 8.32. The Morgan fingerprint density at radius 1 is 1.28 bits per heavy atom. The second-order valence-corrected chi connectivity index (χ2v) is 7.22. The molecule has 2 N–H and O–H groups in total. The van der Waals surface area contributed by atoms with E-state index < -0.39 is 10.0 Å². The van der Waals surface area contributed by atoms with Crippen molar-refractivity contribution in [3.05, 3.63) is 23.3 Å². The van der Waals surface area contributed by atoms with Crippen molar-refractivity contribution in [3.8, 4) is 0 Å². The molecule has 5 heteroatoms. The summed E-state index contributed by atoms with van der Waals surface area (Å²) >= 11 is 0. The topological polar surface area (TPSA) is 63.4 Å². The van der Waals surface area contributed by atoms with Crippen molar-refractivity contribution < 1.29 is 8.42 Å². The minimum absolute atomic E-state index is 0.230. The fourth-order valence-electron chi connectivity index (χ4n) is 1.97. The number of nitrogens with zero attached hydrogens (tertiary/aromatic N) is 1. The van der Waals surface area contributed by atoms with Gasteiger partial charge in [0.05, 0.1) is 5.69 Å². The molecule has 0 aromatic heterocycles. The largest absolute Gasteiger partial charge is 0.398 e. The van der Waals surface area contributed by atoms with Crippen LogP contribution in [0.3, 0.4) is 0 Å². The lowest BCUT2D eigenvalue weighted by Crippen LogP contribution is -2.29. The molecule has 0 aliphatic heterocycles. The van der Waals surface area contributed by atoms with Gasteiger partial charge in [-0.25, -0.2) is 12.7 Å². The van der Waals surface area contributed by atoms with E-state index in [1.165, 1.54) is 4.31 Å². The Balaban J connectivity index is 2.36. The van der Waals surface area contributed by atoms with Gasteiger partial charge >= 0.3 is 0 Å². The van der Waals surface area contributed by atoms with Crippen LogP contribution < -0.4 is 5.73 Å². The number of hydrogen-bond acceptors (Lipinski definition) is 3. The van der Waals surface area contributed by atoms with Crippen molar-refractivity contribution in [1.82, 2.24) is 4.31 Å². The van der Waals surface area contributed by atoms with E-state index in [4.69, 9.17) is 5.73 Å². The van der Waals surface area contributed by atoms with E-state index in [1.54, 1.807) is 19.2 Å². The van der Waals surface area contributed by atoms with Crippen LogP contribution in [0.1, 0.15) is 24.0 Å². The molecule has 0 bridgehead atoms. The van der Waals surface area contributed by atoms with Crippen LogP contribution in [0.15, 0.2) is 17.0 Å². The third-order valence-corrected chi connectivity index (χ3v) is 5.41. The molecule has 18 heavy (non-hydrogen) atoms. The van der Waals surface area contributed by atoms with E-state index >= 15 is 0 Å². The van der Waals surface area contributed by atoms with Crippen LogP contribution in [-0.2, 0) is 10.0 Å². The van der Waals surface area contributed by atoms with Gasteiger partial charge in [-0.1, -0.05) is 0 Å². The summed E-state index contributed by atoms with van der Waals surface area (Å²) in [7, 11) is -1.83. The molecule has 0 heterocycles. The maximum absolute atomic E-state index is 12.4. The summed E-state index contributed by atoms with van der Waals surface area (Å²) < 4.78 is 26.3. The van der Waals surface area contributed by atoms with Crippen molar-refractivity contribution in [2.75, 3.05) is 19.3 Å². The predicted molar refractivity (Wildman–Crippen MR) is 72.9 cm³/mol. The van der Waals surface area contributed by atoms with Gasteiger partial charge in [0.1, 0.15) is 4.90 Å². The van der Waals surface area contributed by atoms with Gasteiger partial charge in [-0.3, -0.25) is 0 Å². The van der Waals surface area contributed by atoms with Crippen molar-refractivity contribution in [2.45, 2.75) is 31.6 Å². The van der Waals surface area contributed by atoms with Gasteiger partial charge in [0.25, 0.3) is 0 Å². The number of rotatable bonds is 4. The van der Waals surface area contributed by atoms with Gasteiger partial charge in [-0.05, 0) is 55.9 Å². The van der Waals surface area contributed by atoms with Crippen LogP contribution >= 0.6 is 0 Å². The molecule has 0 unspecified atom stereocenters. The summed E-state index contributed by atoms with van der Waals surface area (Å²) in [6, 6.07) is 3.40. The summed E-state index contributed by atoms with van der Waals surface area (Å²) in [6.07, 6.45) is 2.25. The molecule has 0 spiro atoms. The Morgan fingerprint density at radius 3 is 2.39 bits per heavy atom. The molecule has 0 atom stereocenters. The van der Waals surface area contributed by atoms with E-state index in [9.17, 15) is 8.42 Å². The third kappa shape index (κ3) is 2.52. The first-order valence-electron chi connectivity index (χ1n) is 6.15. The summed E-state index contributed by atoms with van der Waals surface area (Å²) in [4.78, 5) is 0.230. The first kappa shape index (κ1) is 13.4. The summed E-state index contributed by atoms with van der Waals surface area (Å²) in [5, 5.41) is 0. The minimum atomic E-state index is -3.46. The van der Waals surface area contributed by atoms with E-state index in [0.717, 1.165) is 24.0 Å². The number of aryl methyl sites for hydroxylation is 2. The molecule has 0 radical (unpaired) electrons. The molecule has 1 aliphatic carbocycles. The molecule has 1 saturated carbocycles. The lowest BCUT2D eigenvalue weighted by Gasteiger charge is -2.19. The second-order valence-electron chi connectivity index (χ2n) is 5.20. The maximum Gasteiger partial charge on any atom is 0.244 e. The van der Waals surface area contributed by atoms with E-state index in [-0.39, 0.29) is 4.90 Å². The van der Waals surface area contributed by atoms with Crippen LogP contribution in [-0.4, -0.2) is 26.3 Å². The SMILES string of the molecule is Cc1cc(N)c(S(=O)(=O)N(C)CC2CC2)cc1C. The fourth-order valence-corrected chi connectivity index (χ4v) is 3.39. The lowest BCUT2D eigenvalue weighted by atomic mass is 10.1. The van der Waals surface area contributed by atoms with Crippen LogP contribution in [0.5, 0.6) is 0 Å². The Morgan fingerprint density at radius 2 is 1.83 bits per heavy atom. The highest BCUT2D eigenvalue weighted by atomic mass is 32.2. The molecule has 4 nitrogen and oxygen atoms in total. The van der Waals surface area contributed by atoms with Crippen molar-refractivity contribution in [1.29, 1.82) is 0 Å². The Kier molecular flexibility index (Phi) is 3.38. The average Bonchev–Trinajstić information content (AvgIpc) is 3.07. The molecule has 2 rings (SSSR count). The normalized spacial score (nSPS) is 16.2.